The number of benzene rings is 3. The van der Waals surface area contributed by atoms with Crippen LogP contribution in [0.2, 0.25) is 0 Å². The maximum atomic E-state index is 12.7. The lowest BCUT2D eigenvalue weighted by molar-refractivity contribution is 0.102. The van der Waals surface area contributed by atoms with Crippen molar-refractivity contribution in [2.45, 2.75) is 20.1 Å². The summed E-state index contributed by atoms with van der Waals surface area (Å²) in [5, 5.41) is 7.33. The molecule has 0 aliphatic rings. The molecule has 31 heavy (non-hydrogen) atoms. The van der Waals surface area contributed by atoms with Crippen LogP contribution in [0.15, 0.2) is 89.5 Å². The van der Waals surface area contributed by atoms with Gasteiger partial charge in [0.05, 0.1) is 6.54 Å². The molecule has 5 nitrogen and oxygen atoms in total. The summed E-state index contributed by atoms with van der Waals surface area (Å²) in [6.07, 6.45) is 1.86. The Morgan fingerprint density at radius 3 is 2.65 bits per heavy atom. The number of nitrogens with zero attached hydrogens (tertiary/aromatic N) is 2. The highest BCUT2D eigenvalue weighted by atomic mass is 79.9. The summed E-state index contributed by atoms with van der Waals surface area (Å²) in [5.74, 6) is 1.09. The number of carbonyl (C=O) groups is 1. The van der Waals surface area contributed by atoms with Crippen LogP contribution in [-0.4, -0.2) is 15.7 Å². The van der Waals surface area contributed by atoms with Crippen LogP contribution in [0.3, 0.4) is 0 Å². The van der Waals surface area contributed by atoms with Gasteiger partial charge in [0.1, 0.15) is 12.4 Å². The van der Waals surface area contributed by atoms with Gasteiger partial charge in [0.25, 0.3) is 5.91 Å². The molecule has 0 atom stereocenters. The van der Waals surface area contributed by atoms with E-state index in [1.165, 1.54) is 11.1 Å². The predicted octanol–water partition coefficient (Wildman–Crippen LogP) is 5.83. The Morgan fingerprint density at radius 2 is 1.81 bits per heavy atom. The zero-order valence-electron chi connectivity index (χ0n) is 17.1. The number of amides is 1. The van der Waals surface area contributed by atoms with Crippen molar-refractivity contribution in [3.05, 3.63) is 112 Å². The molecule has 0 saturated heterocycles. The molecule has 3 aromatic carbocycles. The van der Waals surface area contributed by atoms with E-state index < -0.39 is 0 Å². The predicted molar refractivity (Wildman–Crippen MR) is 125 cm³/mol. The third kappa shape index (κ3) is 5.83. The first kappa shape index (κ1) is 20.9. The van der Waals surface area contributed by atoms with E-state index in [0.29, 0.717) is 24.5 Å². The average Bonchev–Trinajstić information content (AvgIpc) is 3.19. The molecule has 4 aromatic rings. The molecule has 1 N–H and O–H groups in total. The van der Waals surface area contributed by atoms with E-state index in [-0.39, 0.29) is 5.91 Å². The van der Waals surface area contributed by atoms with Crippen molar-refractivity contribution < 1.29 is 9.53 Å². The Kier molecular flexibility index (Phi) is 6.48. The van der Waals surface area contributed by atoms with E-state index in [1.807, 2.05) is 59.4 Å². The van der Waals surface area contributed by atoms with Gasteiger partial charge in [-0.1, -0.05) is 64.0 Å². The molecule has 1 heterocycles. The monoisotopic (exact) mass is 475 g/mol. The van der Waals surface area contributed by atoms with Gasteiger partial charge in [-0.05, 0) is 48.4 Å². The van der Waals surface area contributed by atoms with Gasteiger partial charge in [-0.25, -0.2) is 0 Å². The van der Waals surface area contributed by atoms with Crippen LogP contribution in [0.25, 0.3) is 0 Å². The Balaban J connectivity index is 1.37. The van der Waals surface area contributed by atoms with Crippen molar-refractivity contribution in [1.29, 1.82) is 0 Å². The molecule has 0 spiro atoms. The molecule has 1 amide bonds. The Morgan fingerprint density at radius 1 is 1.00 bits per heavy atom. The third-order valence-corrected chi connectivity index (χ3v) is 5.19. The van der Waals surface area contributed by atoms with Crippen molar-refractivity contribution in [2.24, 2.45) is 0 Å². The first-order valence-corrected chi connectivity index (χ1v) is 10.7. The largest absolute Gasteiger partial charge is 0.489 e. The van der Waals surface area contributed by atoms with Gasteiger partial charge >= 0.3 is 0 Å². The Labute approximate surface area is 189 Å². The highest BCUT2D eigenvalue weighted by Crippen LogP contribution is 2.19. The minimum Gasteiger partial charge on any atom is -0.489 e. The average molecular weight is 476 g/mol. The lowest BCUT2D eigenvalue weighted by Gasteiger charge is -2.08. The van der Waals surface area contributed by atoms with Crippen LogP contribution in [-0.2, 0) is 13.2 Å². The molecular weight excluding hydrogens is 454 g/mol. The van der Waals surface area contributed by atoms with E-state index in [0.717, 1.165) is 15.8 Å². The number of ether oxygens (including phenoxy) is 1. The number of aryl methyl sites for hydroxylation is 1. The molecule has 0 aliphatic carbocycles. The van der Waals surface area contributed by atoms with Crippen molar-refractivity contribution >= 4 is 27.7 Å². The van der Waals surface area contributed by atoms with Crippen LogP contribution in [0.4, 0.5) is 5.82 Å². The highest BCUT2D eigenvalue weighted by molar-refractivity contribution is 9.10. The number of rotatable bonds is 7. The molecule has 0 aliphatic heterocycles. The fourth-order valence-corrected chi connectivity index (χ4v) is 3.61. The van der Waals surface area contributed by atoms with Crippen LogP contribution < -0.4 is 10.1 Å². The smallest absolute Gasteiger partial charge is 0.256 e. The normalized spacial score (nSPS) is 10.6. The zero-order chi connectivity index (χ0) is 21.6. The second-order valence-electron chi connectivity index (χ2n) is 7.29. The van der Waals surface area contributed by atoms with Gasteiger partial charge in [-0.2, -0.15) is 5.10 Å². The van der Waals surface area contributed by atoms with Crippen LogP contribution in [0.5, 0.6) is 5.75 Å². The van der Waals surface area contributed by atoms with Crippen LogP contribution in [0.1, 0.15) is 27.0 Å². The maximum absolute atomic E-state index is 12.7. The number of hydrogen-bond donors (Lipinski definition) is 1. The van der Waals surface area contributed by atoms with Crippen LogP contribution in [0, 0.1) is 6.92 Å². The van der Waals surface area contributed by atoms with E-state index in [1.54, 1.807) is 12.1 Å². The van der Waals surface area contributed by atoms with Gasteiger partial charge < -0.3 is 10.1 Å². The minimum atomic E-state index is -0.204. The Hall–Kier alpha value is -3.38. The summed E-state index contributed by atoms with van der Waals surface area (Å²) in [6, 6.07) is 25.2. The number of aromatic nitrogens is 2. The molecule has 1 aromatic heterocycles. The summed E-state index contributed by atoms with van der Waals surface area (Å²) in [7, 11) is 0. The second-order valence-corrected chi connectivity index (χ2v) is 8.20. The molecule has 0 unspecified atom stereocenters. The number of carbonyl (C=O) groups excluding carboxylic acids is 1. The molecule has 0 saturated carbocycles. The van der Waals surface area contributed by atoms with Crippen LogP contribution >= 0.6 is 15.9 Å². The van der Waals surface area contributed by atoms with Gasteiger partial charge in [0, 0.05) is 22.3 Å². The lowest BCUT2D eigenvalue weighted by Crippen LogP contribution is -2.13. The third-order valence-electron chi connectivity index (χ3n) is 4.70. The second kappa shape index (κ2) is 9.62. The topological polar surface area (TPSA) is 56.2 Å². The van der Waals surface area contributed by atoms with Gasteiger partial charge in [0.2, 0.25) is 0 Å². The lowest BCUT2D eigenvalue weighted by atomic mass is 10.1. The van der Waals surface area contributed by atoms with Gasteiger partial charge in [-0.3, -0.25) is 9.48 Å². The summed E-state index contributed by atoms with van der Waals surface area (Å²) in [6.45, 7) is 3.10. The minimum absolute atomic E-state index is 0.204. The van der Waals surface area contributed by atoms with Gasteiger partial charge in [-0.15, -0.1) is 0 Å². The molecule has 156 valence electrons. The van der Waals surface area contributed by atoms with E-state index >= 15 is 0 Å². The van der Waals surface area contributed by atoms with Gasteiger partial charge in [0.15, 0.2) is 5.82 Å². The molecule has 0 radical (unpaired) electrons. The SMILES string of the molecule is Cc1cccc(Cn2ccc(NC(=O)c3cccc(COc4cccc(Br)c4)c3)n2)c1. The quantitative estimate of drug-likeness (QED) is 0.365. The van der Waals surface area contributed by atoms with E-state index in [4.69, 9.17) is 4.74 Å². The molecule has 0 fully saturated rings. The molecular formula is C25H22BrN3O2. The standard InChI is InChI=1S/C25H22BrN3O2/c1-18-5-2-6-19(13-18)16-29-12-11-24(28-29)27-25(30)21-8-3-7-20(14-21)17-31-23-10-4-9-22(26)15-23/h2-15H,16-17H2,1H3,(H,27,28,30). The number of anilines is 1. The summed E-state index contributed by atoms with van der Waals surface area (Å²) in [4.78, 5) is 12.7. The molecule has 0 bridgehead atoms. The summed E-state index contributed by atoms with van der Waals surface area (Å²) < 4.78 is 8.59. The summed E-state index contributed by atoms with van der Waals surface area (Å²) in [5.41, 5.74) is 3.85. The zero-order valence-corrected chi connectivity index (χ0v) is 18.7. The van der Waals surface area contributed by atoms with Crippen molar-refractivity contribution in [3.8, 4) is 5.75 Å². The van der Waals surface area contributed by atoms with Crippen molar-refractivity contribution in [2.75, 3.05) is 5.32 Å². The fraction of sp³-hybridized carbons (Fsp3) is 0.120. The molecule has 6 heteroatoms. The van der Waals surface area contributed by atoms with E-state index in [9.17, 15) is 4.79 Å². The fourth-order valence-electron chi connectivity index (χ4n) is 3.23. The first-order valence-electron chi connectivity index (χ1n) is 9.93. The highest BCUT2D eigenvalue weighted by Gasteiger charge is 2.09. The number of halogens is 1. The van der Waals surface area contributed by atoms with E-state index in [2.05, 4.69) is 51.5 Å². The number of nitrogens with one attached hydrogen (secondary N) is 1. The first-order chi connectivity index (χ1) is 15.0. The van der Waals surface area contributed by atoms with Crippen molar-refractivity contribution in [3.63, 3.8) is 0 Å². The Bertz CT molecular complexity index is 1200. The molecule has 4 rings (SSSR count). The summed E-state index contributed by atoms with van der Waals surface area (Å²) >= 11 is 3.43. The number of hydrogen-bond acceptors (Lipinski definition) is 3. The van der Waals surface area contributed by atoms with Crippen molar-refractivity contribution in [1.82, 2.24) is 9.78 Å². The maximum Gasteiger partial charge on any atom is 0.256 e.